The number of amides is 1. The Morgan fingerprint density at radius 1 is 1.38 bits per heavy atom. The summed E-state index contributed by atoms with van der Waals surface area (Å²) in [4.78, 5) is 25.2. The van der Waals surface area contributed by atoms with Crippen LogP contribution in [0, 0.1) is 17.8 Å². The summed E-state index contributed by atoms with van der Waals surface area (Å²) in [6.45, 7) is 5.96. The average Bonchev–Trinajstić information content (AvgIpc) is 3.11. The van der Waals surface area contributed by atoms with Crippen LogP contribution in [-0.2, 0) is 4.79 Å². The molecule has 0 saturated heterocycles. The molecule has 1 aromatic rings. The van der Waals surface area contributed by atoms with Crippen molar-refractivity contribution in [1.29, 1.82) is 0 Å². The van der Waals surface area contributed by atoms with Crippen LogP contribution in [0.1, 0.15) is 50.4 Å². The number of ether oxygens (including phenoxy) is 1. The normalized spacial score (nSPS) is 33.7. The molecule has 1 N–H and O–H groups in total. The molecule has 0 aromatic heterocycles. The van der Waals surface area contributed by atoms with Crippen molar-refractivity contribution in [2.75, 3.05) is 0 Å². The Kier molecular flexibility index (Phi) is 3.31. The van der Waals surface area contributed by atoms with Crippen molar-refractivity contribution in [3.05, 3.63) is 28.8 Å². The summed E-state index contributed by atoms with van der Waals surface area (Å²) < 4.78 is 6.31. The van der Waals surface area contributed by atoms with Gasteiger partial charge in [0.1, 0.15) is 11.4 Å². The van der Waals surface area contributed by atoms with Crippen LogP contribution in [0.3, 0.4) is 0 Å². The van der Waals surface area contributed by atoms with E-state index >= 15 is 0 Å². The van der Waals surface area contributed by atoms with Gasteiger partial charge in [0.15, 0.2) is 5.78 Å². The van der Waals surface area contributed by atoms with Crippen LogP contribution in [-0.4, -0.2) is 22.8 Å². The molecule has 1 aromatic carbocycles. The zero-order valence-corrected chi connectivity index (χ0v) is 14.9. The maximum atomic E-state index is 12.6. The fourth-order valence-corrected chi connectivity index (χ4v) is 4.77. The minimum atomic E-state index is -0.511. The van der Waals surface area contributed by atoms with Gasteiger partial charge in [0.25, 0.3) is 0 Å². The van der Waals surface area contributed by atoms with E-state index in [-0.39, 0.29) is 29.1 Å². The van der Waals surface area contributed by atoms with Crippen LogP contribution in [0.15, 0.2) is 18.2 Å². The highest BCUT2D eigenvalue weighted by Gasteiger charge is 2.70. The SMILES string of the molecule is CC(C)(C)NC(=O)[C@@H]1[C@@H]2CC[C@@]3(CC(=O)c4cc(Cl)ccc4O3)[C@H]21. The third-order valence-electron chi connectivity index (χ3n) is 5.49. The van der Waals surface area contributed by atoms with Crippen molar-refractivity contribution in [2.45, 2.75) is 51.2 Å². The molecule has 2 saturated carbocycles. The number of nitrogens with one attached hydrogen (secondary N) is 1. The molecule has 1 heterocycles. The molecule has 4 nitrogen and oxygen atoms in total. The predicted octanol–water partition coefficient (Wildman–Crippen LogP) is 3.61. The number of ketones is 1. The molecule has 1 aliphatic heterocycles. The molecule has 3 aliphatic rings. The molecule has 24 heavy (non-hydrogen) atoms. The summed E-state index contributed by atoms with van der Waals surface area (Å²) in [5.41, 5.74) is -0.191. The Bertz CT molecular complexity index is 739. The largest absolute Gasteiger partial charge is 0.486 e. The molecule has 0 unspecified atom stereocenters. The van der Waals surface area contributed by atoms with Crippen LogP contribution in [0.2, 0.25) is 5.02 Å². The van der Waals surface area contributed by atoms with Gasteiger partial charge < -0.3 is 10.1 Å². The van der Waals surface area contributed by atoms with Gasteiger partial charge in [0.05, 0.1) is 12.0 Å². The molecule has 1 spiro atoms. The lowest BCUT2D eigenvalue weighted by Gasteiger charge is -2.37. The molecular weight excluding hydrogens is 326 g/mol. The first-order chi connectivity index (χ1) is 11.2. The van der Waals surface area contributed by atoms with Gasteiger partial charge in [0.2, 0.25) is 5.91 Å². The quantitative estimate of drug-likeness (QED) is 0.844. The average molecular weight is 348 g/mol. The molecule has 1 amide bonds. The van der Waals surface area contributed by atoms with Crippen LogP contribution in [0.4, 0.5) is 0 Å². The van der Waals surface area contributed by atoms with Gasteiger partial charge in [-0.1, -0.05) is 11.6 Å². The smallest absolute Gasteiger partial charge is 0.224 e. The highest BCUT2D eigenvalue weighted by Crippen LogP contribution is 2.65. The third-order valence-corrected chi connectivity index (χ3v) is 5.73. The van der Waals surface area contributed by atoms with E-state index in [1.165, 1.54) is 0 Å². The first-order valence-electron chi connectivity index (χ1n) is 8.54. The Hall–Kier alpha value is -1.55. The van der Waals surface area contributed by atoms with E-state index in [4.69, 9.17) is 16.3 Å². The summed E-state index contributed by atoms with van der Waals surface area (Å²) in [6, 6.07) is 5.20. The Morgan fingerprint density at radius 2 is 2.12 bits per heavy atom. The highest BCUT2D eigenvalue weighted by molar-refractivity contribution is 6.31. The minimum absolute atomic E-state index is 0.0281. The molecule has 2 aliphatic carbocycles. The van der Waals surface area contributed by atoms with Crippen molar-refractivity contribution in [2.24, 2.45) is 17.8 Å². The van der Waals surface area contributed by atoms with E-state index in [2.05, 4.69) is 5.32 Å². The van der Waals surface area contributed by atoms with Crippen LogP contribution in [0.25, 0.3) is 0 Å². The van der Waals surface area contributed by atoms with Crippen LogP contribution < -0.4 is 10.1 Å². The number of benzene rings is 1. The van der Waals surface area contributed by atoms with E-state index in [9.17, 15) is 9.59 Å². The third kappa shape index (κ3) is 2.43. The molecular formula is C19H22ClNO3. The predicted molar refractivity (Wildman–Crippen MR) is 91.4 cm³/mol. The fourth-order valence-electron chi connectivity index (χ4n) is 4.59. The van der Waals surface area contributed by atoms with Gasteiger partial charge >= 0.3 is 0 Å². The number of halogens is 1. The number of fused-ring (bicyclic) bond motifs is 3. The molecule has 4 atom stereocenters. The van der Waals surface area contributed by atoms with E-state index in [1.54, 1.807) is 18.2 Å². The van der Waals surface area contributed by atoms with Crippen molar-refractivity contribution >= 4 is 23.3 Å². The number of hydrogen-bond acceptors (Lipinski definition) is 3. The van der Waals surface area contributed by atoms with Gasteiger partial charge in [-0.05, 0) is 57.7 Å². The molecule has 0 radical (unpaired) electrons. The molecule has 128 valence electrons. The van der Waals surface area contributed by atoms with Gasteiger partial charge in [-0.15, -0.1) is 0 Å². The second kappa shape index (κ2) is 4.98. The Labute approximate surface area is 146 Å². The molecule has 5 heteroatoms. The summed E-state index contributed by atoms with van der Waals surface area (Å²) in [6.07, 6.45) is 2.14. The summed E-state index contributed by atoms with van der Waals surface area (Å²) in [5, 5.41) is 3.61. The minimum Gasteiger partial charge on any atom is -0.486 e. The van der Waals surface area contributed by atoms with Crippen molar-refractivity contribution in [3.8, 4) is 5.75 Å². The number of carbonyl (C=O) groups excluding carboxylic acids is 2. The van der Waals surface area contributed by atoms with Crippen LogP contribution >= 0.6 is 11.6 Å². The molecule has 2 fully saturated rings. The van der Waals surface area contributed by atoms with Gasteiger partial charge in [-0.3, -0.25) is 9.59 Å². The van der Waals surface area contributed by atoms with E-state index in [0.29, 0.717) is 28.7 Å². The number of hydrogen-bond donors (Lipinski definition) is 1. The van der Waals surface area contributed by atoms with Gasteiger partial charge in [-0.25, -0.2) is 0 Å². The zero-order valence-electron chi connectivity index (χ0n) is 14.2. The highest BCUT2D eigenvalue weighted by atomic mass is 35.5. The first kappa shape index (κ1) is 15.9. The van der Waals surface area contributed by atoms with E-state index in [0.717, 1.165) is 12.8 Å². The maximum Gasteiger partial charge on any atom is 0.224 e. The second-order valence-electron chi connectivity index (χ2n) is 8.40. The van der Waals surface area contributed by atoms with Gasteiger partial charge in [-0.2, -0.15) is 0 Å². The summed E-state index contributed by atoms with van der Waals surface area (Å²) in [5.74, 6) is 1.23. The first-order valence-corrected chi connectivity index (χ1v) is 8.92. The summed E-state index contributed by atoms with van der Waals surface area (Å²) in [7, 11) is 0. The number of Topliss-reactive ketones (excluding diaryl/α,β-unsaturated/α-hetero) is 1. The lowest BCUT2D eigenvalue weighted by Crippen LogP contribution is -2.46. The topological polar surface area (TPSA) is 55.4 Å². The lowest BCUT2D eigenvalue weighted by molar-refractivity contribution is -0.125. The van der Waals surface area contributed by atoms with Crippen molar-refractivity contribution in [1.82, 2.24) is 5.32 Å². The second-order valence-corrected chi connectivity index (χ2v) is 8.84. The van der Waals surface area contributed by atoms with E-state index in [1.807, 2.05) is 20.8 Å². The van der Waals surface area contributed by atoms with Crippen molar-refractivity contribution < 1.29 is 14.3 Å². The monoisotopic (exact) mass is 347 g/mol. The summed E-state index contributed by atoms with van der Waals surface area (Å²) >= 11 is 6.00. The maximum absolute atomic E-state index is 12.6. The van der Waals surface area contributed by atoms with Crippen molar-refractivity contribution in [3.63, 3.8) is 0 Å². The zero-order chi connectivity index (χ0) is 17.3. The molecule has 4 rings (SSSR count). The van der Waals surface area contributed by atoms with Crippen LogP contribution in [0.5, 0.6) is 5.75 Å². The number of rotatable bonds is 1. The Balaban J connectivity index is 1.58. The van der Waals surface area contributed by atoms with E-state index < -0.39 is 5.60 Å². The standard InChI is InChI=1S/C19H22ClNO3/c1-18(2,3)21-17(23)15-11-6-7-19(16(11)15)9-13(22)12-8-10(20)4-5-14(12)24-19/h4-5,8,11,15-16H,6-7,9H2,1-3H3,(H,21,23)/t11-,15+,16+,19+/m0/s1. The Morgan fingerprint density at radius 3 is 2.83 bits per heavy atom. The lowest BCUT2D eigenvalue weighted by atomic mass is 9.84. The fraction of sp³-hybridized carbons (Fsp3) is 0.579. The number of carbonyl (C=O) groups is 2. The van der Waals surface area contributed by atoms with Gasteiger partial charge in [0, 0.05) is 22.4 Å². The molecule has 0 bridgehead atoms.